The van der Waals surface area contributed by atoms with Crippen LogP contribution in [0.15, 0.2) is 40.3 Å². The molecule has 2 aromatic heterocycles. The number of benzene rings is 1. The van der Waals surface area contributed by atoms with E-state index in [1.165, 1.54) is 41.6 Å². The van der Waals surface area contributed by atoms with Crippen molar-refractivity contribution in [3.05, 3.63) is 69.6 Å². The molecule has 6 nitrogen and oxygen atoms in total. The predicted molar refractivity (Wildman–Crippen MR) is 117 cm³/mol. The van der Waals surface area contributed by atoms with Gasteiger partial charge in [0.25, 0.3) is 5.91 Å². The molecule has 7 heteroatoms. The molecule has 0 radical (unpaired) electrons. The van der Waals surface area contributed by atoms with Crippen LogP contribution in [0.1, 0.15) is 64.3 Å². The molecule has 30 heavy (non-hydrogen) atoms. The Morgan fingerprint density at radius 1 is 1.20 bits per heavy atom. The normalized spacial score (nSPS) is 14.1. The zero-order valence-corrected chi connectivity index (χ0v) is 18.0. The summed E-state index contributed by atoms with van der Waals surface area (Å²) in [5.41, 5.74) is 5.09. The maximum atomic E-state index is 12.5. The average molecular weight is 424 g/mol. The fourth-order valence-corrected chi connectivity index (χ4v) is 4.50. The molecule has 0 fully saturated rings. The summed E-state index contributed by atoms with van der Waals surface area (Å²) in [4.78, 5) is 29.1. The molecule has 0 aliphatic heterocycles. The molecule has 0 spiro atoms. The summed E-state index contributed by atoms with van der Waals surface area (Å²) in [5.74, 6) is 0.196. The van der Waals surface area contributed by atoms with Crippen molar-refractivity contribution in [2.24, 2.45) is 0 Å². The molecule has 2 amide bonds. The van der Waals surface area contributed by atoms with Gasteiger partial charge >= 0.3 is 0 Å². The lowest BCUT2D eigenvalue weighted by Gasteiger charge is -2.20. The number of amides is 2. The number of carbonyl (C=O) groups excluding carboxylic acids is 2. The summed E-state index contributed by atoms with van der Waals surface area (Å²) in [6.07, 6.45) is 6.42. The molecule has 1 atom stereocenters. The van der Waals surface area contributed by atoms with Gasteiger partial charge in [-0.25, -0.2) is 4.98 Å². The number of nitrogens with one attached hydrogen (secondary N) is 2. The Morgan fingerprint density at radius 3 is 2.77 bits per heavy atom. The van der Waals surface area contributed by atoms with Crippen molar-refractivity contribution in [1.29, 1.82) is 0 Å². The van der Waals surface area contributed by atoms with Gasteiger partial charge in [-0.15, -0.1) is 11.3 Å². The first-order chi connectivity index (χ1) is 14.5. The third-order valence-corrected chi connectivity index (χ3v) is 6.27. The predicted octanol–water partition coefficient (Wildman–Crippen LogP) is 4.60. The Hall–Kier alpha value is -2.93. The second kappa shape index (κ2) is 8.83. The lowest BCUT2D eigenvalue weighted by molar-refractivity contribution is -0.121. The van der Waals surface area contributed by atoms with Gasteiger partial charge < -0.3 is 9.73 Å². The Kier molecular flexibility index (Phi) is 5.99. The van der Waals surface area contributed by atoms with Gasteiger partial charge in [-0.2, -0.15) is 0 Å². The Bertz CT molecular complexity index is 1070. The van der Waals surface area contributed by atoms with Crippen LogP contribution in [-0.4, -0.2) is 16.8 Å². The molecule has 1 unspecified atom stereocenters. The van der Waals surface area contributed by atoms with Crippen molar-refractivity contribution in [1.82, 2.24) is 10.3 Å². The minimum Gasteiger partial charge on any atom is -0.469 e. The van der Waals surface area contributed by atoms with Gasteiger partial charge in [0.1, 0.15) is 5.76 Å². The molecule has 0 bridgehead atoms. The first-order valence-electron chi connectivity index (χ1n) is 10.2. The number of fused-ring (bicyclic) bond motifs is 1. The highest BCUT2D eigenvalue weighted by atomic mass is 32.1. The maximum absolute atomic E-state index is 12.5. The zero-order chi connectivity index (χ0) is 21.1. The smallest absolute Gasteiger partial charge is 0.260 e. The van der Waals surface area contributed by atoms with Gasteiger partial charge in [0.15, 0.2) is 5.13 Å². The number of aromatic nitrogens is 1. The summed E-state index contributed by atoms with van der Waals surface area (Å²) in [5, 5.41) is 8.07. The highest BCUT2D eigenvalue weighted by Crippen LogP contribution is 2.25. The molecular weight excluding hydrogens is 398 g/mol. The van der Waals surface area contributed by atoms with Crippen molar-refractivity contribution in [2.45, 2.75) is 52.0 Å². The Morgan fingerprint density at radius 2 is 2.00 bits per heavy atom. The number of aryl methyl sites for hydroxylation is 3. The summed E-state index contributed by atoms with van der Waals surface area (Å²) in [7, 11) is 0. The van der Waals surface area contributed by atoms with E-state index in [4.69, 9.17) is 4.42 Å². The van der Waals surface area contributed by atoms with E-state index < -0.39 is 0 Å². The second-order valence-electron chi connectivity index (χ2n) is 7.69. The van der Waals surface area contributed by atoms with E-state index in [1.54, 1.807) is 18.4 Å². The monoisotopic (exact) mass is 423 g/mol. The summed E-state index contributed by atoms with van der Waals surface area (Å²) in [6.45, 7) is 3.73. The lowest BCUT2D eigenvalue weighted by Crippen LogP contribution is -2.28. The molecule has 3 aromatic rings. The standard InChI is InChI=1S/C23H25N3O3S/c1-14(17-8-7-16-5-3-4-6-18(16)11-17)24-21(27)12-19-13-30-23(25-19)26-22(28)20-9-10-29-15(20)2/h7-11,13-14H,3-6,12H2,1-2H3,(H,24,27)(H,25,26,28). The zero-order valence-electron chi connectivity index (χ0n) is 17.2. The average Bonchev–Trinajstić information content (AvgIpc) is 3.36. The van der Waals surface area contributed by atoms with Crippen molar-refractivity contribution >= 4 is 28.3 Å². The van der Waals surface area contributed by atoms with Gasteiger partial charge in [0.2, 0.25) is 5.91 Å². The van der Waals surface area contributed by atoms with Crippen LogP contribution in [0.25, 0.3) is 0 Å². The van der Waals surface area contributed by atoms with Crippen LogP contribution in [0, 0.1) is 6.92 Å². The van der Waals surface area contributed by atoms with E-state index in [9.17, 15) is 9.59 Å². The third-order valence-electron chi connectivity index (χ3n) is 5.47. The first kappa shape index (κ1) is 20.3. The number of rotatable bonds is 6. The van der Waals surface area contributed by atoms with Crippen LogP contribution in [0.3, 0.4) is 0 Å². The fraction of sp³-hybridized carbons (Fsp3) is 0.348. The molecular formula is C23H25N3O3S. The van der Waals surface area contributed by atoms with E-state index >= 15 is 0 Å². The minimum absolute atomic E-state index is 0.0633. The highest BCUT2D eigenvalue weighted by molar-refractivity contribution is 7.14. The van der Waals surface area contributed by atoms with Crippen LogP contribution in [0.5, 0.6) is 0 Å². The van der Waals surface area contributed by atoms with Crippen LogP contribution < -0.4 is 10.6 Å². The van der Waals surface area contributed by atoms with Crippen LogP contribution in [0.4, 0.5) is 5.13 Å². The van der Waals surface area contributed by atoms with E-state index in [2.05, 4.69) is 33.8 Å². The number of hydrogen-bond acceptors (Lipinski definition) is 5. The lowest BCUT2D eigenvalue weighted by atomic mass is 9.89. The first-order valence-corrected chi connectivity index (χ1v) is 11.1. The van der Waals surface area contributed by atoms with Crippen LogP contribution in [0.2, 0.25) is 0 Å². The van der Waals surface area contributed by atoms with Crippen molar-refractivity contribution < 1.29 is 14.0 Å². The van der Waals surface area contributed by atoms with Gasteiger partial charge in [-0.05, 0) is 62.3 Å². The molecule has 0 saturated heterocycles. The van der Waals surface area contributed by atoms with E-state index in [0.717, 1.165) is 18.4 Å². The summed E-state index contributed by atoms with van der Waals surface area (Å²) >= 11 is 1.30. The quantitative estimate of drug-likeness (QED) is 0.607. The number of hydrogen-bond donors (Lipinski definition) is 2. The maximum Gasteiger partial charge on any atom is 0.260 e. The molecule has 1 aromatic carbocycles. The molecule has 2 N–H and O–H groups in total. The van der Waals surface area contributed by atoms with Gasteiger partial charge in [-0.3, -0.25) is 14.9 Å². The summed E-state index contributed by atoms with van der Waals surface area (Å²) < 4.78 is 5.15. The van der Waals surface area contributed by atoms with Gasteiger partial charge in [-0.1, -0.05) is 18.2 Å². The molecule has 1 aliphatic carbocycles. The van der Waals surface area contributed by atoms with Gasteiger partial charge in [0, 0.05) is 5.38 Å². The molecule has 1 aliphatic rings. The SMILES string of the molecule is Cc1occc1C(=O)Nc1nc(CC(=O)NC(C)c2ccc3c(c2)CCCC3)cs1. The highest BCUT2D eigenvalue weighted by Gasteiger charge is 2.17. The van der Waals surface area contributed by atoms with E-state index in [-0.39, 0.29) is 24.3 Å². The molecule has 0 saturated carbocycles. The number of thiazole rings is 1. The topological polar surface area (TPSA) is 84.2 Å². The van der Waals surface area contributed by atoms with Crippen molar-refractivity contribution in [2.75, 3.05) is 5.32 Å². The number of nitrogens with zero attached hydrogens (tertiary/aromatic N) is 1. The van der Waals surface area contributed by atoms with E-state index in [1.807, 2.05) is 6.92 Å². The summed E-state index contributed by atoms with van der Waals surface area (Å²) in [6, 6.07) is 8.10. The van der Waals surface area contributed by atoms with Gasteiger partial charge in [0.05, 0.1) is 30.0 Å². The number of furan rings is 1. The van der Waals surface area contributed by atoms with Crippen LogP contribution in [-0.2, 0) is 24.1 Å². The van der Waals surface area contributed by atoms with E-state index in [0.29, 0.717) is 22.1 Å². The molecule has 156 valence electrons. The van der Waals surface area contributed by atoms with Crippen LogP contribution >= 0.6 is 11.3 Å². The fourth-order valence-electron chi connectivity index (χ4n) is 3.79. The number of carbonyl (C=O) groups is 2. The second-order valence-corrected chi connectivity index (χ2v) is 8.55. The Balaban J connectivity index is 1.33. The number of anilines is 1. The Labute approximate surface area is 179 Å². The minimum atomic E-state index is -0.271. The third kappa shape index (κ3) is 4.62. The molecule has 4 rings (SSSR count). The molecule has 2 heterocycles. The van der Waals surface area contributed by atoms with Crippen molar-refractivity contribution in [3.63, 3.8) is 0 Å². The van der Waals surface area contributed by atoms with Crippen molar-refractivity contribution in [3.8, 4) is 0 Å². The largest absolute Gasteiger partial charge is 0.469 e.